The number of rotatable bonds is 6. The molecule has 0 aliphatic rings. The minimum absolute atomic E-state index is 0.197. The molecule has 0 bridgehead atoms. The van der Waals surface area contributed by atoms with Gasteiger partial charge in [-0.25, -0.2) is 18.0 Å². The van der Waals surface area contributed by atoms with Crippen molar-refractivity contribution in [3.05, 3.63) is 59.8 Å². The van der Waals surface area contributed by atoms with E-state index in [-0.39, 0.29) is 11.6 Å². The molecule has 0 spiro atoms. The summed E-state index contributed by atoms with van der Waals surface area (Å²) in [6.07, 6.45) is 0. The van der Waals surface area contributed by atoms with Crippen LogP contribution < -0.4 is 15.4 Å². The maximum atomic E-state index is 14.0. The maximum absolute atomic E-state index is 14.0. The number of benzene rings is 2. The molecule has 3 aromatic rings. The molecule has 0 aliphatic heterocycles. The predicted molar refractivity (Wildman–Crippen MR) is 99.3 cm³/mol. The quantitative estimate of drug-likeness (QED) is 0.539. The Bertz CT molecular complexity index is 1040. The number of nitrogens with one attached hydrogen (secondary N) is 1. The summed E-state index contributed by atoms with van der Waals surface area (Å²) >= 11 is -2.19. The number of halogens is 2. The Morgan fingerprint density at radius 1 is 1.21 bits per heavy atom. The number of anilines is 3. The van der Waals surface area contributed by atoms with Crippen molar-refractivity contribution < 1.29 is 26.8 Å². The van der Waals surface area contributed by atoms with Gasteiger partial charge in [0.25, 0.3) is 17.2 Å². The Kier molecular flexibility index (Phi) is 5.38. The number of hydrogen-bond donors (Lipinski definition) is 3. The fourth-order valence-corrected chi connectivity index (χ4v) is 2.66. The molecule has 11 heteroatoms. The van der Waals surface area contributed by atoms with Crippen molar-refractivity contribution in [3.63, 3.8) is 0 Å². The number of amides is 1. The standard InChI is InChI=1S/C17H14F2N4O4S/c1-23(28(25)26)10-7-5-9(6-8-10)21-17-14(15(20)24)22-16(27-17)13-11(18)3-2-4-12(13)19/h2-8,21H,1H3,(H2,20,24)(H,25,26). The van der Waals surface area contributed by atoms with Gasteiger partial charge in [-0.3, -0.25) is 13.7 Å². The van der Waals surface area contributed by atoms with Crippen LogP contribution in [0.25, 0.3) is 11.5 Å². The minimum atomic E-state index is -2.19. The molecule has 1 aromatic heterocycles. The molecule has 0 radical (unpaired) electrons. The molecule has 0 fully saturated rings. The summed E-state index contributed by atoms with van der Waals surface area (Å²) in [6.45, 7) is 0. The lowest BCUT2D eigenvalue weighted by Gasteiger charge is -2.14. The second kappa shape index (κ2) is 7.74. The van der Waals surface area contributed by atoms with Gasteiger partial charge in [0.1, 0.15) is 17.2 Å². The number of aromatic nitrogens is 1. The molecule has 1 unspecified atom stereocenters. The SMILES string of the molecule is CN(c1ccc(Nc2oc(-c3c(F)cccc3F)nc2C(N)=O)cc1)S(=O)O. The van der Waals surface area contributed by atoms with Crippen LogP contribution in [0.1, 0.15) is 10.5 Å². The van der Waals surface area contributed by atoms with Crippen LogP contribution in [0.4, 0.5) is 26.0 Å². The number of nitrogens with zero attached hydrogens (tertiary/aromatic N) is 2. The van der Waals surface area contributed by atoms with Gasteiger partial charge >= 0.3 is 0 Å². The van der Waals surface area contributed by atoms with E-state index in [1.807, 2.05) is 0 Å². The van der Waals surface area contributed by atoms with Crippen LogP contribution >= 0.6 is 0 Å². The fourth-order valence-electron chi connectivity index (χ4n) is 2.36. The molecular weight excluding hydrogens is 394 g/mol. The number of carbonyl (C=O) groups is 1. The Morgan fingerprint density at radius 3 is 2.36 bits per heavy atom. The van der Waals surface area contributed by atoms with Crippen molar-refractivity contribution in [1.82, 2.24) is 4.98 Å². The molecule has 2 aromatic carbocycles. The summed E-state index contributed by atoms with van der Waals surface area (Å²) in [5.74, 6) is -3.42. The van der Waals surface area contributed by atoms with Gasteiger partial charge in [-0.15, -0.1) is 0 Å². The number of carbonyl (C=O) groups excluding carboxylic acids is 1. The second-order valence-electron chi connectivity index (χ2n) is 5.56. The van der Waals surface area contributed by atoms with Gasteiger partial charge in [0.2, 0.25) is 11.8 Å². The molecule has 0 saturated carbocycles. The number of nitrogens with two attached hydrogens (primary N) is 1. The topological polar surface area (TPSA) is 122 Å². The largest absolute Gasteiger partial charge is 0.419 e. The molecule has 1 heterocycles. The zero-order valence-electron chi connectivity index (χ0n) is 14.3. The van der Waals surface area contributed by atoms with Crippen molar-refractivity contribution in [2.75, 3.05) is 16.7 Å². The molecule has 1 atom stereocenters. The summed E-state index contributed by atoms with van der Waals surface area (Å²) < 4.78 is 54.5. The zero-order chi connectivity index (χ0) is 20.4. The van der Waals surface area contributed by atoms with E-state index in [4.69, 9.17) is 14.7 Å². The lowest BCUT2D eigenvalue weighted by atomic mass is 10.2. The van der Waals surface area contributed by atoms with Gasteiger partial charge in [0, 0.05) is 12.7 Å². The van der Waals surface area contributed by atoms with Crippen LogP contribution in [0.2, 0.25) is 0 Å². The lowest BCUT2D eigenvalue weighted by molar-refractivity contribution is 0.0996. The molecule has 146 valence electrons. The van der Waals surface area contributed by atoms with Crippen LogP contribution in [-0.2, 0) is 11.3 Å². The summed E-state index contributed by atoms with van der Waals surface area (Å²) in [7, 11) is 1.43. The molecule has 0 aliphatic carbocycles. The summed E-state index contributed by atoms with van der Waals surface area (Å²) in [5, 5.41) is 2.75. The highest BCUT2D eigenvalue weighted by atomic mass is 32.2. The molecule has 0 saturated heterocycles. The highest BCUT2D eigenvalue weighted by Crippen LogP contribution is 2.31. The fraction of sp³-hybridized carbons (Fsp3) is 0.0588. The first-order valence-electron chi connectivity index (χ1n) is 7.74. The van der Waals surface area contributed by atoms with Gasteiger partial charge in [-0.2, -0.15) is 0 Å². The van der Waals surface area contributed by atoms with Crippen molar-refractivity contribution in [2.45, 2.75) is 0 Å². The monoisotopic (exact) mass is 408 g/mol. The average Bonchev–Trinajstić information content (AvgIpc) is 3.05. The van der Waals surface area contributed by atoms with Gasteiger partial charge in [-0.1, -0.05) is 6.07 Å². The van der Waals surface area contributed by atoms with Crippen LogP contribution in [0, 0.1) is 11.6 Å². The van der Waals surface area contributed by atoms with Gasteiger partial charge in [0.05, 0.1) is 5.69 Å². The highest BCUT2D eigenvalue weighted by Gasteiger charge is 2.23. The number of oxazole rings is 1. The van der Waals surface area contributed by atoms with E-state index >= 15 is 0 Å². The van der Waals surface area contributed by atoms with E-state index in [0.717, 1.165) is 16.4 Å². The Hall–Kier alpha value is -3.31. The minimum Gasteiger partial charge on any atom is -0.419 e. The molecule has 4 N–H and O–H groups in total. The van der Waals surface area contributed by atoms with Crippen molar-refractivity contribution in [3.8, 4) is 11.5 Å². The third kappa shape index (κ3) is 3.85. The first-order chi connectivity index (χ1) is 13.3. The van der Waals surface area contributed by atoms with E-state index in [1.165, 1.54) is 37.4 Å². The highest BCUT2D eigenvalue weighted by molar-refractivity contribution is 7.80. The third-order valence-corrected chi connectivity index (χ3v) is 4.44. The van der Waals surface area contributed by atoms with Gasteiger partial charge in [0.15, 0.2) is 5.69 Å². The van der Waals surface area contributed by atoms with Crippen molar-refractivity contribution in [1.29, 1.82) is 0 Å². The van der Waals surface area contributed by atoms with E-state index < -0.39 is 40.3 Å². The van der Waals surface area contributed by atoms with E-state index in [1.54, 1.807) is 0 Å². The molecule has 8 nitrogen and oxygen atoms in total. The summed E-state index contributed by atoms with van der Waals surface area (Å²) in [6, 6.07) is 9.39. The number of hydrogen-bond acceptors (Lipinski definition) is 5. The third-order valence-electron chi connectivity index (χ3n) is 3.76. The molecular formula is C17H14F2N4O4S. The van der Waals surface area contributed by atoms with E-state index in [2.05, 4.69) is 10.3 Å². The van der Waals surface area contributed by atoms with Crippen LogP contribution in [-0.4, -0.2) is 26.7 Å². The number of primary amides is 1. The van der Waals surface area contributed by atoms with E-state index in [0.29, 0.717) is 11.4 Å². The first-order valence-corrected chi connectivity index (χ1v) is 8.81. The van der Waals surface area contributed by atoms with Crippen molar-refractivity contribution in [2.24, 2.45) is 5.73 Å². The van der Waals surface area contributed by atoms with E-state index in [9.17, 15) is 17.8 Å². The Balaban J connectivity index is 1.95. The predicted octanol–water partition coefficient (Wildman–Crippen LogP) is 3.04. The van der Waals surface area contributed by atoms with Crippen LogP contribution in [0.3, 0.4) is 0 Å². The average molecular weight is 408 g/mol. The maximum Gasteiger partial charge on any atom is 0.273 e. The second-order valence-corrected chi connectivity index (χ2v) is 6.57. The smallest absolute Gasteiger partial charge is 0.273 e. The lowest BCUT2D eigenvalue weighted by Crippen LogP contribution is -2.18. The van der Waals surface area contributed by atoms with Crippen LogP contribution in [0.5, 0.6) is 0 Å². The molecule has 28 heavy (non-hydrogen) atoms. The first kappa shape index (κ1) is 19.5. The van der Waals surface area contributed by atoms with Crippen LogP contribution in [0.15, 0.2) is 46.9 Å². The summed E-state index contributed by atoms with van der Waals surface area (Å²) in [5.41, 5.74) is 5.28. The zero-order valence-corrected chi connectivity index (χ0v) is 15.2. The van der Waals surface area contributed by atoms with Gasteiger partial charge in [-0.05, 0) is 36.4 Å². The normalized spacial score (nSPS) is 11.9. The van der Waals surface area contributed by atoms with Gasteiger partial charge < -0.3 is 15.5 Å². The van der Waals surface area contributed by atoms with Crippen molar-refractivity contribution >= 4 is 34.4 Å². The Labute approximate surface area is 160 Å². The molecule has 1 amide bonds. The Morgan fingerprint density at radius 2 is 1.82 bits per heavy atom. The molecule has 3 rings (SSSR count). The summed E-state index contributed by atoms with van der Waals surface area (Å²) in [4.78, 5) is 15.5.